The van der Waals surface area contributed by atoms with Gasteiger partial charge in [-0.25, -0.2) is 0 Å². The number of hydrogen-bond donors (Lipinski definition) is 2. The smallest absolute Gasteiger partial charge is 0.162 e. The standard InChI is InChI=1S/C19H20BrN3O/c1-10-15-16(11-4-6-12(20)7-5-11)17-13(21-18(15)23-22-10)8-19(2,3)9-14(17)24/h4-7,16H,8-9H2,1-3H3,(H2,21,22,23)/t16-/m0/s1. The Labute approximate surface area is 149 Å². The monoisotopic (exact) mass is 385 g/mol. The van der Waals surface area contributed by atoms with Crippen molar-refractivity contribution in [3.05, 3.63) is 56.8 Å². The van der Waals surface area contributed by atoms with Crippen LogP contribution in [0.4, 0.5) is 5.82 Å². The van der Waals surface area contributed by atoms with E-state index in [1.165, 1.54) is 0 Å². The fourth-order valence-corrected chi connectivity index (χ4v) is 4.21. The molecule has 5 heteroatoms. The summed E-state index contributed by atoms with van der Waals surface area (Å²) in [5.41, 5.74) is 5.15. The van der Waals surface area contributed by atoms with Crippen molar-refractivity contribution < 1.29 is 4.79 Å². The van der Waals surface area contributed by atoms with Gasteiger partial charge in [0, 0.05) is 39.3 Å². The molecule has 2 N–H and O–H groups in total. The van der Waals surface area contributed by atoms with Crippen LogP contribution < -0.4 is 5.32 Å². The molecule has 1 aromatic heterocycles. The van der Waals surface area contributed by atoms with E-state index in [1.54, 1.807) is 0 Å². The van der Waals surface area contributed by atoms with E-state index in [1.807, 2.05) is 19.1 Å². The number of anilines is 1. The highest BCUT2D eigenvalue weighted by molar-refractivity contribution is 9.10. The van der Waals surface area contributed by atoms with E-state index in [9.17, 15) is 4.79 Å². The van der Waals surface area contributed by atoms with Gasteiger partial charge in [-0.1, -0.05) is 41.9 Å². The quantitative estimate of drug-likeness (QED) is 0.748. The Morgan fingerprint density at radius 2 is 1.92 bits per heavy atom. The average Bonchev–Trinajstić information content (AvgIpc) is 2.86. The van der Waals surface area contributed by atoms with Crippen LogP contribution >= 0.6 is 15.9 Å². The third kappa shape index (κ3) is 2.42. The summed E-state index contributed by atoms with van der Waals surface area (Å²) >= 11 is 3.49. The van der Waals surface area contributed by atoms with Crippen LogP contribution in [0.1, 0.15) is 49.4 Å². The fraction of sp³-hybridized carbons (Fsp3) is 0.368. The predicted octanol–water partition coefficient (Wildman–Crippen LogP) is 4.68. The summed E-state index contributed by atoms with van der Waals surface area (Å²) in [5.74, 6) is 1.05. The van der Waals surface area contributed by atoms with Crippen LogP contribution in [-0.4, -0.2) is 16.0 Å². The summed E-state index contributed by atoms with van der Waals surface area (Å²) in [6, 6.07) is 8.25. The van der Waals surface area contributed by atoms with Crippen LogP contribution in [0, 0.1) is 12.3 Å². The van der Waals surface area contributed by atoms with Gasteiger partial charge in [-0.3, -0.25) is 9.89 Å². The van der Waals surface area contributed by atoms with E-state index >= 15 is 0 Å². The first-order valence-electron chi connectivity index (χ1n) is 8.19. The molecule has 4 rings (SSSR count). The van der Waals surface area contributed by atoms with Crippen molar-refractivity contribution in [2.45, 2.75) is 39.5 Å². The van der Waals surface area contributed by atoms with E-state index in [0.717, 1.165) is 44.8 Å². The molecule has 124 valence electrons. The van der Waals surface area contributed by atoms with Gasteiger partial charge >= 0.3 is 0 Å². The third-order valence-corrected chi connectivity index (χ3v) is 5.49. The Balaban J connectivity index is 1.93. The van der Waals surface area contributed by atoms with Crippen molar-refractivity contribution >= 4 is 27.5 Å². The molecule has 0 amide bonds. The first-order chi connectivity index (χ1) is 11.4. The van der Waals surface area contributed by atoms with Crippen LogP contribution in [0.2, 0.25) is 0 Å². The zero-order valence-corrected chi connectivity index (χ0v) is 15.6. The topological polar surface area (TPSA) is 57.8 Å². The minimum absolute atomic E-state index is 0.0178. The lowest BCUT2D eigenvalue weighted by Gasteiger charge is -2.38. The molecule has 0 radical (unpaired) electrons. The van der Waals surface area contributed by atoms with Gasteiger partial charge in [-0.05, 0) is 36.5 Å². The van der Waals surface area contributed by atoms with Gasteiger partial charge in [0.2, 0.25) is 0 Å². The molecule has 2 heterocycles. The number of allylic oxidation sites excluding steroid dienone is 2. The largest absolute Gasteiger partial charge is 0.342 e. The number of hydrogen-bond acceptors (Lipinski definition) is 3. The maximum atomic E-state index is 13.0. The predicted molar refractivity (Wildman–Crippen MR) is 98.0 cm³/mol. The molecular weight excluding hydrogens is 366 g/mol. The lowest BCUT2D eigenvalue weighted by atomic mass is 9.69. The Morgan fingerprint density at radius 3 is 2.62 bits per heavy atom. The molecular formula is C19H20BrN3O. The molecule has 4 nitrogen and oxygen atoms in total. The number of carbonyl (C=O) groups is 1. The second kappa shape index (κ2) is 5.31. The zero-order valence-electron chi connectivity index (χ0n) is 14.0. The van der Waals surface area contributed by atoms with Gasteiger partial charge in [-0.15, -0.1) is 0 Å². The number of benzene rings is 1. The maximum Gasteiger partial charge on any atom is 0.162 e. The van der Waals surface area contributed by atoms with Gasteiger partial charge in [-0.2, -0.15) is 5.10 Å². The fourth-order valence-electron chi connectivity index (χ4n) is 3.94. The molecule has 0 saturated carbocycles. The summed E-state index contributed by atoms with van der Waals surface area (Å²) in [7, 11) is 0. The van der Waals surface area contributed by atoms with Crippen molar-refractivity contribution in [2.24, 2.45) is 5.41 Å². The molecule has 24 heavy (non-hydrogen) atoms. The van der Waals surface area contributed by atoms with E-state index in [-0.39, 0.29) is 17.1 Å². The molecule has 2 aromatic rings. The number of carbonyl (C=O) groups excluding carboxylic acids is 1. The number of aryl methyl sites for hydroxylation is 1. The molecule has 1 atom stereocenters. The number of fused-ring (bicyclic) bond motifs is 1. The lowest BCUT2D eigenvalue weighted by molar-refractivity contribution is -0.118. The number of halogens is 1. The second-order valence-corrected chi connectivity index (χ2v) is 8.47. The molecule has 0 unspecified atom stereocenters. The van der Waals surface area contributed by atoms with Crippen molar-refractivity contribution in [1.29, 1.82) is 0 Å². The van der Waals surface area contributed by atoms with E-state index in [2.05, 4.69) is 57.4 Å². The Hall–Kier alpha value is -1.88. The number of aromatic amines is 1. The highest BCUT2D eigenvalue weighted by Gasteiger charge is 2.42. The van der Waals surface area contributed by atoms with Gasteiger partial charge in [0.05, 0.1) is 0 Å². The van der Waals surface area contributed by atoms with Crippen molar-refractivity contribution in [3.63, 3.8) is 0 Å². The highest BCUT2D eigenvalue weighted by Crippen LogP contribution is 2.49. The van der Waals surface area contributed by atoms with Crippen LogP contribution in [0.5, 0.6) is 0 Å². The van der Waals surface area contributed by atoms with Gasteiger partial charge in [0.15, 0.2) is 11.6 Å². The first kappa shape index (κ1) is 15.6. The van der Waals surface area contributed by atoms with Crippen LogP contribution in [0.25, 0.3) is 0 Å². The summed E-state index contributed by atoms with van der Waals surface area (Å²) in [6.45, 7) is 6.31. The van der Waals surface area contributed by atoms with Crippen molar-refractivity contribution in [3.8, 4) is 0 Å². The average molecular weight is 386 g/mol. The molecule has 0 saturated heterocycles. The summed E-state index contributed by atoms with van der Waals surface area (Å²) in [5, 5.41) is 10.9. The van der Waals surface area contributed by atoms with E-state index < -0.39 is 0 Å². The number of ketones is 1. The highest BCUT2D eigenvalue weighted by atomic mass is 79.9. The summed E-state index contributed by atoms with van der Waals surface area (Å²) in [4.78, 5) is 13.0. The molecule has 2 aliphatic rings. The van der Waals surface area contributed by atoms with Gasteiger partial charge in [0.1, 0.15) is 0 Å². The normalized spacial score (nSPS) is 22.0. The van der Waals surface area contributed by atoms with Crippen LogP contribution in [0.3, 0.4) is 0 Å². The number of nitrogens with one attached hydrogen (secondary N) is 2. The van der Waals surface area contributed by atoms with Crippen LogP contribution in [-0.2, 0) is 4.79 Å². The Bertz CT molecular complexity index is 861. The van der Waals surface area contributed by atoms with E-state index in [4.69, 9.17) is 0 Å². The lowest BCUT2D eigenvalue weighted by Crippen LogP contribution is -2.33. The summed E-state index contributed by atoms with van der Waals surface area (Å²) < 4.78 is 1.04. The number of Topliss-reactive ketones (excluding diaryl/α,β-unsaturated/α-hetero) is 1. The third-order valence-electron chi connectivity index (χ3n) is 4.96. The molecule has 0 bridgehead atoms. The van der Waals surface area contributed by atoms with Gasteiger partial charge < -0.3 is 5.32 Å². The Kier molecular flexibility index (Phi) is 3.46. The summed E-state index contributed by atoms with van der Waals surface area (Å²) in [6.07, 6.45) is 1.46. The van der Waals surface area contributed by atoms with Crippen molar-refractivity contribution in [2.75, 3.05) is 5.32 Å². The molecule has 0 spiro atoms. The first-order valence-corrected chi connectivity index (χ1v) is 8.98. The Morgan fingerprint density at radius 1 is 1.21 bits per heavy atom. The second-order valence-electron chi connectivity index (χ2n) is 7.55. The van der Waals surface area contributed by atoms with Crippen LogP contribution in [0.15, 0.2) is 40.0 Å². The van der Waals surface area contributed by atoms with Crippen molar-refractivity contribution in [1.82, 2.24) is 10.2 Å². The zero-order chi connectivity index (χ0) is 17.1. The molecule has 1 aromatic carbocycles. The van der Waals surface area contributed by atoms with Gasteiger partial charge in [0.25, 0.3) is 0 Å². The maximum absolute atomic E-state index is 13.0. The molecule has 1 aliphatic heterocycles. The number of rotatable bonds is 1. The SMILES string of the molecule is Cc1[nH]nc2c1[C@H](c1ccc(Br)cc1)C1=C(CC(C)(C)CC1=O)N2. The molecule has 0 fully saturated rings. The minimum Gasteiger partial charge on any atom is -0.342 e. The number of aromatic nitrogens is 2. The molecule has 1 aliphatic carbocycles. The minimum atomic E-state index is -0.0494. The number of nitrogens with zero attached hydrogens (tertiary/aromatic N) is 1. The van der Waals surface area contributed by atoms with E-state index in [0.29, 0.717) is 6.42 Å². The number of H-pyrrole nitrogens is 1.